The maximum Gasteiger partial charge on any atom is 0.258 e. The highest BCUT2D eigenvalue weighted by Crippen LogP contribution is 2.21. The van der Waals surface area contributed by atoms with Crippen molar-refractivity contribution in [3.05, 3.63) is 58.8 Å². The van der Waals surface area contributed by atoms with Gasteiger partial charge in [-0.1, -0.05) is 34.1 Å². The fraction of sp³-hybridized carbons (Fsp3) is 0.125. The van der Waals surface area contributed by atoms with Gasteiger partial charge in [0.05, 0.1) is 6.54 Å². The third-order valence-corrected chi connectivity index (χ3v) is 3.25. The number of hydrogen-bond donors (Lipinski definition) is 2. The van der Waals surface area contributed by atoms with Gasteiger partial charge in [-0.05, 0) is 30.3 Å². The third kappa shape index (κ3) is 5.71. The van der Waals surface area contributed by atoms with Crippen molar-refractivity contribution < 1.29 is 18.7 Å². The van der Waals surface area contributed by atoms with E-state index in [1.54, 1.807) is 30.3 Å². The van der Waals surface area contributed by atoms with Crippen LogP contribution in [-0.2, 0) is 9.59 Å². The molecule has 120 valence electrons. The van der Waals surface area contributed by atoms with Gasteiger partial charge in [0.15, 0.2) is 18.2 Å². The first-order valence-electron chi connectivity index (χ1n) is 6.74. The van der Waals surface area contributed by atoms with Crippen molar-refractivity contribution in [1.29, 1.82) is 0 Å². The summed E-state index contributed by atoms with van der Waals surface area (Å²) in [6.07, 6.45) is 0. The van der Waals surface area contributed by atoms with E-state index in [4.69, 9.17) is 4.74 Å². The largest absolute Gasteiger partial charge is 0.481 e. The molecule has 2 amide bonds. The Balaban J connectivity index is 1.73. The molecule has 0 aromatic heterocycles. The first-order valence-corrected chi connectivity index (χ1v) is 7.53. The smallest absolute Gasteiger partial charge is 0.258 e. The standard InChI is InChI=1S/C16H14BrFN2O3/c17-11-6-7-14(13(18)8-11)23-10-16(22)19-9-15(21)20-12-4-2-1-3-5-12/h1-8H,9-10H2,(H,19,22)(H,20,21). The second-order valence-corrected chi connectivity index (χ2v) is 5.47. The van der Waals surface area contributed by atoms with Crippen LogP contribution in [-0.4, -0.2) is 25.0 Å². The summed E-state index contributed by atoms with van der Waals surface area (Å²) in [5.41, 5.74) is 0.639. The summed E-state index contributed by atoms with van der Waals surface area (Å²) in [6, 6.07) is 13.1. The van der Waals surface area contributed by atoms with E-state index >= 15 is 0 Å². The number of carbonyl (C=O) groups is 2. The summed E-state index contributed by atoms with van der Waals surface area (Å²) in [6.45, 7) is -0.572. The Morgan fingerprint density at radius 3 is 2.52 bits per heavy atom. The molecule has 0 aliphatic carbocycles. The van der Waals surface area contributed by atoms with Crippen LogP contribution in [0, 0.1) is 5.82 Å². The Morgan fingerprint density at radius 2 is 1.83 bits per heavy atom. The SMILES string of the molecule is O=C(COc1ccc(Br)cc1F)NCC(=O)Nc1ccccc1. The van der Waals surface area contributed by atoms with Crippen LogP contribution in [0.25, 0.3) is 0 Å². The number of carbonyl (C=O) groups excluding carboxylic acids is 2. The van der Waals surface area contributed by atoms with Crippen LogP contribution in [0.3, 0.4) is 0 Å². The minimum absolute atomic E-state index is 0.0305. The normalized spacial score (nSPS) is 10.0. The van der Waals surface area contributed by atoms with Crippen molar-refractivity contribution >= 4 is 33.4 Å². The van der Waals surface area contributed by atoms with Gasteiger partial charge < -0.3 is 15.4 Å². The number of hydrogen-bond acceptors (Lipinski definition) is 3. The molecule has 0 fully saturated rings. The summed E-state index contributed by atoms with van der Waals surface area (Å²) in [5.74, 6) is -1.49. The zero-order chi connectivity index (χ0) is 16.7. The van der Waals surface area contributed by atoms with Gasteiger partial charge in [0.25, 0.3) is 5.91 Å². The lowest BCUT2D eigenvalue weighted by Gasteiger charge is -2.09. The summed E-state index contributed by atoms with van der Waals surface area (Å²) < 4.78 is 19.1. The minimum Gasteiger partial charge on any atom is -0.481 e. The van der Waals surface area contributed by atoms with Gasteiger partial charge in [-0.2, -0.15) is 0 Å². The Labute approximate surface area is 141 Å². The number of anilines is 1. The lowest BCUT2D eigenvalue weighted by atomic mass is 10.3. The molecule has 0 bridgehead atoms. The zero-order valence-electron chi connectivity index (χ0n) is 12.0. The average Bonchev–Trinajstić information content (AvgIpc) is 2.53. The van der Waals surface area contributed by atoms with E-state index in [1.165, 1.54) is 12.1 Å². The van der Waals surface area contributed by atoms with E-state index < -0.39 is 11.7 Å². The number of para-hydroxylation sites is 1. The van der Waals surface area contributed by atoms with Crippen molar-refractivity contribution in [3.8, 4) is 5.75 Å². The minimum atomic E-state index is -0.575. The van der Waals surface area contributed by atoms with Crippen molar-refractivity contribution in [2.45, 2.75) is 0 Å². The molecule has 0 aliphatic heterocycles. The molecule has 0 atom stereocenters. The van der Waals surface area contributed by atoms with Crippen LogP contribution >= 0.6 is 15.9 Å². The number of benzene rings is 2. The van der Waals surface area contributed by atoms with Crippen LogP contribution in [0.5, 0.6) is 5.75 Å². The van der Waals surface area contributed by atoms with E-state index in [2.05, 4.69) is 26.6 Å². The number of rotatable bonds is 6. The Kier molecular flexibility index (Phi) is 6.10. The van der Waals surface area contributed by atoms with E-state index in [1.807, 2.05) is 6.07 Å². The molecule has 0 saturated heterocycles. The molecule has 7 heteroatoms. The van der Waals surface area contributed by atoms with Crippen molar-refractivity contribution in [2.24, 2.45) is 0 Å². The van der Waals surface area contributed by atoms with E-state index in [-0.39, 0.29) is 24.8 Å². The van der Waals surface area contributed by atoms with E-state index in [0.29, 0.717) is 10.2 Å². The van der Waals surface area contributed by atoms with Crippen molar-refractivity contribution in [2.75, 3.05) is 18.5 Å². The molecule has 5 nitrogen and oxygen atoms in total. The van der Waals surface area contributed by atoms with E-state index in [9.17, 15) is 14.0 Å². The molecule has 0 aliphatic rings. The summed E-state index contributed by atoms with van der Waals surface area (Å²) in [4.78, 5) is 23.3. The van der Waals surface area contributed by atoms with Gasteiger partial charge >= 0.3 is 0 Å². The highest BCUT2D eigenvalue weighted by atomic mass is 79.9. The number of ether oxygens (including phenoxy) is 1. The second-order valence-electron chi connectivity index (χ2n) is 4.55. The van der Waals surface area contributed by atoms with Gasteiger partial charge in [0, 0.05) is 10.2 Å². The third-order valence-electron chi connectivity index (χ3n) is 2.76. The molecule has 0 heterocycles. The van der Waals surface area contributed by atoms with Crippen LogP contribution in [0.15, 0.2) is 53.0 Å². The first kappa shape index (κ1) is 17.0. The maximum atomic E-state index is 13.5. The predicted octanol–water partition coefficient (Wildman–Crippen LogP) is 2.72. The molecule has 2 aromatic rings. The Hall–Kier alpha value is -2.41. The molecule has 0 radical (unpaired) electrons. The molecule has 2 aromatic carbocycles. The van der Waals surface area contributed by atoms with Crippen LogP contribution < -0.4 is 15.4 Å². The van der Waals surface area contributed by atoms with Gasteiger partial charge in [0.1, 0.15) is 0 Å². The van der Waals surface area contributed by atoms with Gasteiger partial charge in [-0.15, -0.1) is 0 Å². The molecular formula is C16H14BrFN2O3. The molecule has 0 saturated carbocycles. The average molecular weight is 381 g/mol. The molecule has 23 heavy (non-hydrogen) atoms. The predicted molar refractivity (Wildman–Crippen MR) is 87.7 cm³/mol. The van der Waals surface area contributed by atoms with Crippen LogP contribution in [0.4, 0.5) is 10.1 Å². The first-order chi connectivity index (χ1) is 11.0. The molecule has 2 N–H and O–H groups in total. The highest BCUT2D eigenvalue weighted by molar-refractivity contribution is 9.10. The maximum absolute atomic E-state index is 13.5. The summed E-state index contributed by atoms with van der Waals surface area (Å²) in [5, 5.41) is 5.02. The Morgan fingerprint density at radius 1 is 1.09 bits per heavy atom. The van der Waals surface area contributed by atoms with Crippen molar-refractivity contribution in [3.63, 3.8) is 0 Å². The quantitative estimate of drug-likeness (QED) is 0.809. The van der Waals surface area contributed by atoms with Crippen molar-refractivity contribution in [1.82, 2.24) is 5.32 Å². The van der Waals surface area contributed by atoms with Crippen LogP contribution in [0.1, 0.15) is 0 Å². The topological polar surface area (TPSA) is 67.4 Å². The number of amides is 2. The Bertz CT molecular complexity index is 695. The molecule has 0 unspecified atom stereocenters. The van der Waals surface area contributed by atoms with Crippen LogP contribution in [0.2, 0.25) is 0 Å². The monoisotopic (exact) mass is 380 g/mol. The fourth-order valence-corrected chi connectivity index (χ4v) is 2.03. The number of nitrogens with one attached hydrogen (secondary N) is 2. The highest BCUT2D eigenvalue weighted by Gasteiger charge is 2.09. The molecule has 0 spiro atoms. The van der Waals surface area contributed by atoms with Gasteiger partial charge in [-0.3, -0.25) is 9.59 Å². The molecular weight excluding hydrogens is 367 g/mol. The zero-order valence-corrected chi connectivity index (χ0v) is 13.6. The summed E-state index contributed by atoms with van der Waals surface area (Å²) in [7, 11) is 0. The van der Waals surface area contributed by atoms with Gasteiger partial charge in [0.2, 0.25) is 5.91 Å². The van der Waals surface area contributed by atoms with E-state index in [0.717, 1.165) is 0 Å². The lowest BCUT2D eigenvalue weighted by molar-refractivity contribution is -0.125. The lowest BCUT2D eigenvalue weighted by Crippen LogP contribution is -2.35. The van der Waals surface area contributed by atoms with Gasteiger partial charge in [-0.25, -0.2) is 4.39 Å². The summed E-state index contributed by atoms with van der Waals surface area (Å²) >= 11 is 3.12. The molecule has 2 rings (SSSR count). The number of halogens is 2. The fourth-order valence-electron chi connectivity index (χ4n) is 1.69. The second kappa shape index (κ2) is 8.28.